The van der Waals surface area contributed by atoms with E-state index in [-0.39, 0.29) is 0 Å². The van der Waals surface area contributed by atoms with Gasteiger partial charge in [0.05, 0.1) is 17.4 Å². The van der Waals surface area contributed by atoms with Gasteiger partial charge in [-0.1, -0.05) is 45.0 Å². The minimum atomic E-state index is 0.332. The van der Waals surface area contributed by atoms with E-state index in [0.717, 1.165) is 5.69 Å². The molecule has 2 aromatic rings. The molecule has 2 aliphatic carbocycles. The van der Waals surface area contributed by atoms with Gasteiger partial charge in [0.1, 0.15) is 0 Å². The fraction of sp³-hybridized carbons (Fsp3) is 0.450. The van der Waals surface area contributed by atoms with E-state index >= 15 is 0 Å². The molecule has 2 N–H and O–H groups in total. The second-order valence-electron chi connectivity index (χ2n) is 8.18. The zero-order valence-corrected chi connectivity index (χ0v) is 14.0. The summed E-state index contributed by atoms with van der Waals surface area (Å²) in [6.07, 6.45) is 4.61. The standard InChI is InChI=1S/C20H23N3/c1-19(2)14-8-9-20(19,3)18-16(14)17(22-23-18)15-10-12-6-4-5-7-13(12)11-21-15/h4-7,10-11,14,18,22-23H,8-9H2,1-3H3. The molecule has 3 heteroatoms. The molecule has 2 heterocycles. The topological polar surface area (TPSA) is 37.0 Å². The number of rotatable bonds is 1. The number of pyridine rings is 1. The van der Waals surface area contributed by atoms with Crippen molar-refractivity contribution in [2.75, 3.05) is 0 Å². The van der Waals surface area contributed by atoms with Gasteiger partial charge >= 0.3 is 0 Å². The molecule has 1 aromatic carbocycles. The Hall–Kier alpha value is -1.87. The second kappa shape index (κ2) is 4.15. The van der Waals surface area contributed by atoms with Crippen LogP contribution in [0, 0.1) is 16.7 Å². The highest BCUT2D eigenvalue weighted by Crippen LogP contribution is 2.69. The number of hydrogen-bond acceptors (Lipinski definition) is 3. The Kier molecular flexibility index (Phi) is 2.45. The van der Waals surface area contributed by atoms with E-state index in [1.54, 1.807) is 5.57 Å². The van der Waals surface area contributed by atoms with Crippen LogP contribution in [0.1, 0.15) is 39.3 Å². The van der Waals surface area contributed by atoms with Crippen LogP contribution in [-0.4, -0.2) is 11.0 Å². The summed E-state index contributed by atoms with van der Waals surface area (Å²) in [5.41, 5.74) is 11.6. The van der Waals surface area contributed by atoms with Gasteiger partial charge in [-0.2, -0.15) is 0 Å². The summed E-state index contributed by atoms with van der Waals surface area (Å²) in [4.78, 5) is 4.74. The number of hydrogen-bond donors (Lipinski definition) is 2. The Balaban J connectivity index is 1.69. The summed E-state index contributed by atoms with van der Waals surface area (Å²) in [5, 5.41) is 2.45. The number of hydrazine groups is 1. The lowest BCUT2D eigenvalue weighted by Gasteiger charge is -2.38. The number of benzene rings is 1. The van der Waals surface area contributed by atoms with Crippen LogP contribution in [0.5, 0.6) is 0 Å². The van der Waals surface area contributed by atoms with Gasteiger partial charge < -0.3 is 5.43 Å². The zero-order valence-electron chi connectivity index (χ0n) is 14.0. The molecule has 1 aromatic heterocycles. The molecule has 2 bridgehead atoms. The maximum Gasteiger partial charge on any atom is 0.0880 e. The van der Waals surface area contributed by atoms with E-state index in [9.17, 15) is 0 Å². The van der Waals surface area contributed by atoms with Gasteiger partial charge in [-0.25, -0.2) is 5.43 Å². The lowest BCUT2D eigenvalue weighted by molar-refractivity contribution is 0.120. The normalized spacial score (nSPS) is 34.0. The highest BCUT2D eigenvalue weighted by Gasteiger charge is 2.66. The van der Waals surface area contributed by atoms with Crippen molar-refractivity contribution >= 4 is 16.5 Å². The molecule has 3 aliphatic rings. The first-order chi connectivity index (χ1) is 11.0. The first-order valence-corrected chi connectivity index (χ1v) is 8.63. The van der Waals surface area contributed by atoms with Crippen molar-refractivity contribution in [3.63, 3.8) is 0 Å². The molecule has 118 valence electrons. The number of aromatic nitrogens is 1. The van der Waals surface area contributed by atoms with E-state index in [4.69, 9.17) is 4.98 Å². The van der Waals surface area contributed by atoms with E-state index in [1.165, 1.54) is 29.3 Å². The van der Waals surface area contributed by atoms with Gasteiger partial charge in [-0.3, -0.25) is 4.98 Å². The third-order valence-electron chi connectivity index (χ3n) is 7.14. The minimum Gasteiger partial charge on any atom is -0.319 e. The third kappa shape index (κ3) is 1.51. The predicted octanol–water partition coefficient (Wildman–Crippen LogP) is 3.88. The van der Waals surface area contributed by atoms with Crippen LogP contribution in [0.25, 0.3) is 16.5 Å². The van der Waals surface area contributed by atoms with E-state index in [0.29, 0.717) is 22.8 Å². The van der Waals surface area contributed by atoms with Crippen LogP contribution in [-0.2, 0) is 0 Å². The highest BCUT2D eigenvalue weighted by atomic mass is 15.4. The molecule has 2 saturated carbocycles. The highest BCUT2D eigenvalue weighted by molar-refractivity contribution is 5.85. The Morgan fingerprint density at radius 1 is 1.13 bits per heavy atom. The Bertz CT molecular complexity index is 851. The largest absolute Gasteiger partial charge is 0.319 e. The van der Waals surface area contributed by atoms with Crippen molar-refractivity contribution < 1.29 is 0 Å². The molecular formula is C20H23N3. The lowest BCUT2D eigenvalue weighted by atomic mass is 9.69. The van der Waals surface area contributed by atoms with Gasteiger partial charge in [0.25, 0.3) is 0 Å². The number of fused-ring (bicyclic) bond motifs is 6. The Morgan fingerprint density at radius 3 is 2.74 bits per heavy atom. The van der Waals surface area contributed by atoms with Crippen molar-refractivity contribution in [2.45, 2.75) is 39.7 Å². The third-order valence-corrected chi connectivity index (χ3v) is 7.14. The molecule has 0 amide bonds. The fourth-order valence-electron chi connectivity index (χ4n) is 5.33. The second-order valence-corrected chi connectivity index (χ2v) is 8.18. The smallest absolute Gasteiger partial charge is 0.0880 e. The number of nitrogens with one attached hydrogen (secondary N) is 2. The van der Waals surface area contributed by atoms with Crippen LogP contribution in [0.4, 0.5) is 0 Å². The summed E-state index contributed by atoms with van der Waals surface area (Å²) in [6.45, 7) is 7.35. The quantitative estimate of drug-likeness (QED) is 0.839. The molecular weight excluding hydrogens is 282 g/mol. The molecule has 5 rings (SSSR count). The van der Waals surface area contributed by atoms with Crippen LogP contribution < -0.4 is 10.9 Å². The molecule has 2 fully saturated rings. The Morgan fingerprint density at radius 2 is 1.91 bits per heavy atom. The SMILES string of the molecule is CC1(C)C2CCC1(C)C1NNC(c3cc4ccccc4cn3)=C21. The van der Waals surface area contributed by atoms with Crippen LogP contribution in [0.15, 0.2) is 42.1 Å². The monoisotopic (exact) mass is 305 g/mol. The van der Waals surface area contributed by atoms with Crippen LogP contribution in [0.2, 0.25) is 0 Å². The summed E-state index contributed by atoms with van der Waals surface area (Å²) in [7, 11) is 0. The van der Waals surface area contributed by atoms with Crippen LogP contribution in [0.3, 0.4) is 0 Å². The maximum absolute atomic E-state index is 4.74. The molecule has 3 atom stereocenters. The molecule has 1 aliphatic heterocycles. The fourth-order valence-corrected chi connectivity index (χ4v) is 5.33. The molecule has 0 spiro atoms. The van der Waals surface area contributed by atoms with Crippen molar-refractivity contribution in [1.29, 1.82) is 0 Å². The van der Waals surface area contributed by atoms with Gasteiger partial charge in [0.2, 0.25) is 0 Å². The van der Waals surface area contributed by atoms with E-state index in [2.05, 4.69) is 62.0 Å². The van der Waals surface area contributed by atoms with Crippen molar-refractivity contribution in [2.24, 2.45) is 16.7 Å². The lowest BCUT2D eigenvalue weighted by Crippen LogP contribution is -2.46. The van der Waals surface area contributed by atoms with Crippen molar-refractivity contribution in [3.8, 4) is 0 Å². The molecule has 23 heavy (non-hydrogen) atoms. The molecule has 0 radical (unpaired) electrons. The van der Waals surface area contributed by atoms with Crippen LogP contribution >= 0.6 is 0 Å². The Labute approximate surface area is 137 Å². The van der Waals surface area contributed by atoms with Crippen molar-refractivity contribution in [3.05, 3.63) is 47.8 Å². The maximum atomic E-state index is 4.74. The van der Waals surface area contributed by atoms with E-state index < -0.39 is 0 Å². The van der Waals surface area contributed by atoms with Gasteiger partial charge in [-0.15, -0.1) is 0 Å². The molecule has 3 unspecified atom stereocenters. The van der Waals surface area contributed by atoms with Gasteiger partial charge in [0.15, 0.2) is 0 Å². The minimum absolute atomic E-state index is 0.332. The molecule has 3 nitrogen and oxygen atoms in total. The van der Waals surface area contributed by atoms with Gasteiger partial charge in [-0.05, 0) is 46.6 Å². The van der Waals surface area contributed by atoms with E-state index in [1.807, 2.05) is 6.20 Å². The summed E-state index contributed by atoms with van der Waals surface area (Å²) < 4.78 is 0. The average Bonchev–Trinajstić information content (AvgIpc) is 3.13. The first kappa shape index (κ1) is 13.6. The summed E-state index contributed by atoms with van der Waals surface area (Å²) >= 11 is 0. The van der Waals surface area contributed by atoms with Crippen molar-refractivity contribution in [1.82, 2.24) is 15.8 Å². The average molecular weight is 305 g/mol. The first-order valence-electron chi connectivity index (χ1n) is 8.63. The van der Waals surface area contributed by atoms with Gasteiger partial charge in [0, 0.05) is 11.6 Å². The molecule has 0 saturated heterocycles. The summed E-state index contributed by atoms with van der Waals surface area (Å²) in [5.74, 6) is 0.656. The predicted molar refractivity (Wildman–Crippen MR) is 93.3 cm³/mol. The number of nitrogens with zero attached hydrogens (tertiary/aromatic N) is 1. The zero-order chi connectivity index (χ0) is 15.8. The summed E-state index contributed by atoms with van der Waals surface area (Å²) in [6, 6.07) is 11.1.